The Morgan fingerprint density at radius 1 is 1.38 bits per heavy atom. The minimum absolute atomic E-state index is 0.363. The van der Waals surface area contributed by atoms with Gasteiger partial charge in [0.2, 0.25) is 0 Å². The van der Waals surface area contributed by atoms with Gasteiger partial charge in [-0.3, -0.25) is 0 Å². The number of nitrogens with zero attached hydrogens (tertiary/aromatic N) is 3. The van der Waals surface area contributed by atoms with Gasteiger partial charge in [0, 0.05) is 6.04 Å². The predicted molar refractivity (Wildman–Crippen MR) is 61.8 cm³/mol. The average Bonchev–Trinajstić information content (AvgIpc) is 2.30. The molecule has 1 aliphatic carbocycles. The summed E-state index contributed by atoms with van der Waals surface area (Å²) >= 11 is 0. The summed E-state index contributed by atoms with van der Waals surface area (Å²) in [4.78, 5) is 8.17. The van der Waals surface area contributed by atoms with Crippen molar-refractivity contribution in [1.29, 1.82) is 5.26 Å². The van der Waals surface area contributed by atoms with Gasteiger partial charge in [-0.2, -0.15) is 5.26 Å². The van der Waals surface area contributed by atoms with E-state index in [1.807, 2.05) is 6.07 Å². The van der Waals surface area contributed by atoms with Crippen LogP contribution < -0.4 is 5.32 Å². The van der Waals surface area contributed by atoms with Crippen molar-refractivity contribution < 1.29 is 0 Å². The zero-order valence-corrected chi connectivity index (χ0v) is 9.48. The van der Waals surface area contributed by atoms with Crippen LogP contribution in [0.2, 0.25) is 0 Å². The van der Waals surface area contributed by atoms with Crippen molar-refractivity contribution in [3.63, 3.8) is 0 Å². The molecule has 0 radical (unpaired) electrons. The Morgan fingerprint density at radius 3 is 2.88 bits per heavy atom. The van der Waals surface area contributed by atoms with Crippen LogP contribution >= 0.6 is 0 Å². The van der Waals surface area contributed by atoms with Crippen molar-refractivity contribution in [3.05, 3.63) is 18.1 Å². The van der Waals surface area contributed by atoms with Crippen LogP contribution in [0.15, 0.2) is 12.4 Å². The highest BCUT2D eigenvalue weighted by Gasteiger charge is 2.18. The molecule has 2 unspecified atom stereocenters. The molecule has 1 saturated carbocycles. The number of anilines is 1. The Morgan fingerprint density at radius 2 is 2.25 bits per heavy atom. The second-order valence-electron chi connectivity index (χ2n) is 4.51. The first-order chi connectivity index (χ1) is 7.78. The van der Waals surface area contributed by atoms with Crippen molar-refractivity contribution in [2.45, 2.75) is 38.6 Å². The minimum Gasteiger partial charge on any atom is -0.366 e. The van der Waals surface area contributed by atoms with Gasteiger partial charge in [-0.05, 0) is 18.8 Å². The first-order valence-electron chi connectivity index (χ1n) is 5.76. The van der Waals surface area contributed by atoms with Crippen LogP contribution in [0.4, 0.5) is 5.82 Å². The van der Waals surface area contributed by atoms with Crippen LogP contribution in [0.5, 0.6) is 0 Å². The third kappa shape index (κ3) is 2.69. The van der Waals surface area contributed by atoms with Gasteiger partial charge in [0.25, 0.3) is 0 Å². The van der Waals surface area contributed by atoms with Gasteiger partial charge in [0.1, 0.15) is 11.9 Å². The summed E-state index contributed by atoms with van der Waals surface area (Å²) in [5.41, 5.74) is 0.363. The number of rotatable bonds is 2. The van der Waals surface area contributed by atoms with Crippen molar-refractivity contribution in [1.82, 2.24) is 9.97 Å². The fraction of sp³-hybridized carbons (Fsp3) is 0.583. The molecule has 0 aliphatic heterocycles. The van der Waals surface area contributed by atoms with Crippen LogP contribution in [0.1, 0.15) is 38.3 Å². The summed E-state index contributed by atoms with van der Waals surface area (Å²) in [6.45, 7) is 2.29. The van der Waals surface area contributed by atoms with E-state index in [4.69, 9.17) is 5.26 Å². The largest absolute Gasteiger partial charge is 0.366 e. The van der Waals surface area contributed by atoms with Gasteiger partial charge >= 0.3 is 0 Å². The Hall–Kier alpha value is -1.63. The molecule has 0 amide bonds. The van der Waals surface area contributed by atoms with Gasteiger partial charge in [-0.15, -0.1) is 0 Å². The molecule has 0 saturated heterocycles. The molecule has 1 aliphatic rings. The zero-order chi connectivity index (χ0) is 11.4. The lowest BCUT2D eigenvalue weighted by atomic mass is 9.87. The molecular formula is C12H16N4. The van der Waals surface area contributed by atoms with E-state index < -0.39 is 0 Å². The Balaban J connectivity index is 1.95. The molecule has 0 bridgehead atoms. The van der Waals surface area contributed by atoms with Crippen LogP contribution in [0, 0.1) is 17.2 Å². The van der Waals surface area contributed by atoms with Crippen LogP contribution in [-0.4, -0.2) is 16.0 Å². The van der Waals surface area contributed by atoms with Crippen molar-refractivity contribution in [2.24, 2.45) is 5.92 Å². The maximum atomic E-state index is 8.61. The standard InChI is InChI=1S/C12H16N4/c1-9-3-2-4-10(5-9)16-12-8-14-11(6-13)7-15-12/h7-10H,2-5H2,1H3,(H,15,16). The van der Waals surface area contributed by atoms with Crippen LogP contribution in [0.25, 0.3) is 0 Å². The van der Waals surface area contributed by atoms with E-state index in [0.717, 1.165) is 11.7 Å². The smallest absolute Gasteiger partial charge is 0.158 e. The molecule has 0 spiro atoms. The predicted octanol–water partition coefficient (Wildman–Crippen LogP) is 2.34. The number of aromatic nitrogens is 2. The third-order valence-corrected chi connectivity index (χ3v) is 3.05. The van der Waals surface area contributed by atoms with E-state index in [-0.39, 0.29) is 0 Å². The molecule has 1 N–H and O–H groups in total. The summed E-state index contributed by atoms with van der Waals surface area (Å²) in [5, 5.41) is 12.0. The summed E-state index contributed by atoms with van der Waals surface area (Å²) in [6.07, 6.45) is 8.15. The fourth-order valence-corrected chi connectivity index (χ4v) is 2.23. The highest BCUT2D eigenvalue weighted by Crippen LogP contribution is 2.25. The fourth-order valence-electron chi connectivity index (χ4n) is 2.23. The van der Waals surface area contributed by atoms with Gasteiger partial charge in [0.15, 0.2) is 5.69 Å². The highest BCUT2D eigenvalue weighted by atomic mass is 15.0. The molecule has 0 aromatic carbocycles. The molecule has 16 heavy (non-hydrogen) atoms. The number of hydrogen-bond acceptors (Lipinski definition) is 4. The zero-order valence-electron chi connectivity index (χ0n) is 9.48. The van der Waals surface area contributed by atoms with Gasteiger partial charge in [0.05, 0.1) is 12.4 Å². The van der Waals surface area contributed by atoms with Gasteiger partial charge < -0.3 is 5.32 Å². The van der Waals surface area contributed by atoms with Crippen molar-refractivity contribution >= 4 is 5.82 Å². The van der Waals surface area contributed by atoms with Crippen LogP contribution in [-0.2, 0) is 0 Å². The maximum Gasteiger partial charge on any atom is 0.158 e. The summed E-state index contributed by atoms with van der Waals surface area (Å²) < 4.78 is 0. The first-order valence-corrected chi connectivity index (χ1v) is 5.76. The van der Waals surface area contributed by atoms with E-state index in [2.05, 4.69) is 22.2 Å². The molecular weight excluding hydrogens is 200 g/mol. The molecule has 2 rings (SSSR count). The molecule has 84 valence electrons. The molecule has 1 aromatic rings. The lowest BCUT2D eigenvalue weighted by Gasteiger charge is -2.27. The van der Waals surface area contributed by atoms with E-state index in [1.54, 1.807) is 6.20 Å². The molecule has 4 nitrogen and oxygen atoms in total. The van der Waals surface area contributed by atoms with Crippen molar-refractivity contribution in [2.75, 3.05) is 5.32 Å². The molecule has 1 aromatic heterocycles. The average molecular weight is 216 g/mol. The Bertz CT molecular complexity index is 379. The molecule has 1 heterocycles. The first kappa shape index (κ1) is 10.9. The Labute approximate surface area is 95.7 Å². The van der Waals surface area contributed by atoms with Crippen molar-refractivity contribution in [3.8, 4) is 6.07 Å². The number of nitriles is 1. The lowest BCUT2D eigenvalue weighted by molar-refractivity contribution is 0.358. The monoisotopic (exact) mass is 216 g/mol. The normalized spacial score (nSPS) is 24.8. The second-order valence-corrected chi connectivity index (χ2v) is 4.51. The quantitative estimate of drug-likeness (QED) is 0.824. The summed E-state index contributed by atoms with van der Waals surface area (Å²) in [5.74, 6) is 1.57. The highest BCUT2D eigenvalue weighted by molar-refractivity contribution is 5.34. The number of hydrogen-bond donors (Lipinski definition) is 1. The van der Waals surface area contributed by atoms with E-state index in [1.165, 1.54) is 31.9 Å². The third-order valence-electron chi connectivity index (χ3n) is 3.05. The van der Waals surface area contributed by atoms with Gasteiger partial charge in [-0.1, -0.05) is 19.8 Å². The topological polar surface area (TPSA) is 61.6 Å². The summed E-state index contributed by atoms with van der Waals surface area (Å²) in [7, 11) is 0. The van der Waals surface area contributed by atoms with E-state index in [9.17, 15) is 0 Å². The van der Waals surface area contributed by atoms with E-state index in [0.29, 0.717) is 11.7 Å². The second kappa shape index (κ2) is 4.93. The Kier molecular flexibility index (Phi) is 3.35. The SMILES string of the molecule is CC1CCCC(Nc2cnc(C#N)cn2)C1. The molecule has 2 atom stereocenters. The molecule has 4 heteroatoms. The van der Waals surface area contributed by atoms with Crippen LogP contribution in [0.3, 0.4) is 0 Å². The minimum atomic E-state index is 0.363. The molecule has 1 fully saturated rings. The maximum absolute atomic E-state index is 8.61. The number of nitrogens with one attached hydrogen (secondary N) is 1. The van der Waals surface area contributed by atoms with Gasteiger partial charge in [-0.25, -0.2) is 9.97 Å². The lowest BCUT2D eigenvalue weighted by Crippen LogP contribution is -2.26. The van der Waals surface area contributed by atoms with E-state index >= 15 is 0 Å². The summed E-state index contributed by atoms with van der Waals surface area (Å²) in [6, 6.07) is 2.47.